The van der Waals surface area contributed by atoms with Crippen LogP contribution in [0.4, 0.5) is 0 Å². The molecule has 166 valence electrons. The molecule has 1 aliphatic rings. The minimum Gasteiger partial charge on any atom is -0.465 e. The van der Waals surface area contributed by atoms with Crippen LogP contribution in [0.1, 0.15) is 53.4 Å². The van der Waals surface area contributed by atoms with Gasteiger partial charge in [0.15, 0.2) is 11.2 Å². The van der Waals surface area contributed by atoms with E-state index in [0.29, 0.717) is 23.4 Å². The van der Waals surface area contributed by atoms with Gasteiger partial charge in [-0.15, -0.1) is 12.4 Å². The maximum atomic E-state index is 12.8. The number of carbonyl (C=O) groups is 1. The number of fused-ring (bicyclic) bond motifs is 1. The molecule has 2 aromatic heterocycles. The number of halogens is 1. The average molecular weight is 445 g/mol. The van der Waals surface area contributed by atoms with Crippen molar-refractivity contribution in [2.24, 2.45) is 5.92 Å². The van der Waals surface area contributed by atoms with Crippen molar-refractivity contribution in [3.8, 4) is 0 Å². The van der Waals surface area contributed by atoms with Crippen molar-refractivity contribution in [1.82, 2.24) is 10.2 Å². The summed E-state index contributed by atoms with van der Waals surface area (Å²) >= 11 is 0. The molecule has 1 saturated heterocycles. The first-order valence-electron chi connectivity index (χ1n) is 10.5. The zero-order valence-corrected chi connectivity index (χ0v) is 19.0. The molecule has 7 heteroatoms. The van der Waals surface area contributed by atoms with Gasteiger partial charge in [-0.25, -0.2) is 0 Å². The van der Waals surface area contributed by atoms with Crippen molar-refractivity contribution in [3.05, 3.63) is 69.5 Å². The van der Waals surface area contributed by atoms with Gasteiger partial charge in [0.05, 0.1) is 11.4 Å². The Morgan fingerprint density at radius 1 is 1.13 bits per heavy atom. The quantitative estimate of drug-likeness (QED) is 0.621. The van der Waals surface area contributed by atoms with Crippen molar-refractivity contribution in [2.45, 2.75) is 39.7 Å². The molecular weight excluding hydrogens is 416 g/mol. The van der Waals surface area contributed by atoms with Crippen molar-refractivity contribution in [1.29, 1.82) is 0 Å². The Morgan fingerprint density at radius 2 is 1.87 bits per heavy atom. The van der Waals surface area contributed by atoms with Crippen molar-refractivity contribution >= 4 is 29.3 Å². The van der Waals surface area contributed by atoms with E-state index in [9.17, 15) is 9.59 Å². The molecule has 3 aromatic rings. The Bertz CT molecular complexity index is 1110. The number of furan rings is 1. The topological polar surface area (TPSA) is 75.7 Å². The molecule has 1 aliphatic heterocycles. The summed E-state index contributed by atoms with van der Waals surface area (Å²) in [5, 5.41) is 3.43. The summed E-state index contributed by atoms with van der Waals surface area (Å²) in [4.78, 5) is 27.6. The SMILES string of the molecule is Cc1ccc2oc(C(=O)NCC(c3ccc(C)o3)N3CCC(C)CC3)cc(=O)c2c1.Cl. The van der Waals surface area contributed by atoms with E-state index >= 15 is 0 Å². The molecule has 1 fully saturated rings. The Balaban J connectivity index is 0.00000272. The standard InChI is InChI=1S/C24H28N2O4.ClH/c1-15-8-10-26(11-9-15)19(22-7-5-17(3)29-22)14-25-24(28)23-13-20(27)18-12-16(2)4-6-21(18)30-23;/h4-7,12-13,15,19H,8-11,14H2,1-3H3,(H,25,28);1H. The molecule has 3 heterocycles. The van der Waals surface area contributed by atoms with Crippen LogP contribution in [0.2, 0.25) is 0 Å². The molecule has 0 radical (unpaired) electrons. The van der Waals surface area contributed by atoms with Crippen LogP contribution in [0.25, 0.3) is 11.0 Å². The van der Waals surface area contributed by atoms with E-state index in [2.05, 4.69) is 17.1 Å². The average Bonchev–Trinajstić information content (AvgIpc) is 3.15. The largest absolute Gasteiger partial charge is 0.465 e. The highest BCUT2D eigenvalue weighted by Crippen LogP contribution is 2.27. The number of aryl methyl sites for hydroxylation is 2. The Kier molecular flexibility index (Phi) is 7.23. The van der Waals surface area contributed by atoms with Crippen LogP contribution in [0.15, 0.2) is 50.0 Å². The third kappa shape index (κ3) is 5.20. The molecule has 1 atom stereocenters. The van der Waals surface area contributed by atoms with Gasteiger partial charge < -0.3 is 14.2 Å². The monoisotopic (exact) mass is 444 g/mol. The molecule has 1 aromatic carbocycles. The predicted molar refractivity (Wildman–Crippen MR) is 123 cm³/mol. The van der Waals surface area contributed by atoms with Gasteiger partial charge in [-0.2, -0.15) is 0 Å². The zero-order valence-electron chi connectivity index (χ0n) is 18.1. The zero-order chi connectivity index (χ0) is 21.3. The number of carbonyl (C=O) groups excluding carboxylic acids is 1. The lowest BCUT2D eigenvalue weighted by Crippen LogP contribution is -2.41. The van der Waals surface area contributed by atoms with E-state index in [-0.39, 0.29) is 29.6 Å². The molecule has 31 heavy (non-hydrogen) atoms. The minimum absolute atomic E-state index is 0. The summed E-state index contributed by atoms with van der Waals surface area (Å²) in [6.07, 6.45) is 2.26. The van der Waals surface area contributed by atoms with Gasteiger partial charge in [0.2, 0.25) is 0 Å². The predicted octanol–water partition coefficient (Wildman–Crippen LogP) is 4.63. The van der Waals surface area contributed by atoms with Crippen molar-refractivity contribution < 1.29 is 13.6 Å². The minimum atomic E-state index is -0.395. The number of nitrogens with one attached hydrogen (secondary N) is 1. The van der Waals surface area contributed by atoms with Crippen LogP contribution in [0.5, 0.6) is 0 Å². The number of piperidine rings is 1. The molecular formula is C24H29ClN2O4. The molecule has 6 nitrogen and oxygen atoms in total. The lowest BCUT2D eigenvalue weighted by molar-refractivity contribution is 0.0870. The number of hydrogen-bond acceptors (Lipinski definition) is 5. The molecule has 1 unspecified atom stereocenters. The van der Waals surface area contributed by atoms with Crippen LogP contribution in [-0.4, -0.2) is 30.4 Å². The van der Waals surface area contributed by atoms with Gasteiger partial charge in [0.1, 0.15) is 17.1 Å². The third-order valence-electron chi connectivity index (χ3n) is 5.91. The maximum Gasteiger partial charge on any atom is 0.287 e. The second-order valence-corrected chi connectivity index (χ2v) is 8.37. The van der Waals surface area contributed by atoms with Crippen LogP contribution < -0.4 is 10.7 Å². The summed E-state index contributed by atoms with van der Waals surface area (Å²) in [5.41, 5.74) is 1.18. The van der Waals surface area contributed by atoms with Gasteiger partial charge in [0.25, 0.3) is 5.91 Å². The number of benzene rings is 1. The molecule has 1 amide bonds. The molecule has 4 rings (SSSR count). The first-order chi connectivity index (χ1) is 14.4. The lowest BCUT2D eigenvalue weighted by Gasteiger charge is -2.35. The van der Waals surface area contributed by atoms with E-state index in [4.69, 9.17) is 8.83 Å². The van der Waals surface area contributed by atoms with Gasteiger partial charge in [-0.05, 0) is 70.0 Å². The van der Waals surface area contributed by atoms with Crippen molar-refractivity contribution in [3.63, 3.8) is 0 Å². The second-order valence-electron chi connectivity index (χ2n) is 8.37. The molecule has 0 bridgehead atoms. The van der Waals surface area contributed by atoms with Gasteiger partial charge >= 0.3 is 0 Å². The highest BCUT2D eigenvalue weighted by molar-refractivity contribution is 5.93. The van der Waals surface area contributed by atoms with Crippen molar-refractivity contribution in [2.75, 3.05) is 19.6 Å². The van der Waals surface area contributed by atoms with Crippen LogP contribution in [0, 0.1) is 19.8 Å². The summed E-state index contributed by atoms with van der Waals surface area (Å²) in [5.74, 6) is 2.04. The third-order valence-corrected chi connectivity index (χ3v) is 5.91. The fourth-order valence-corrected chi connectivity index (χ4v) is 4.04. The first kappa shape index (κ1) is 23.1. The number of rotatable bonds is 5. The summed E-state index contributed by atoms with van der Waals surface area (Å²) in [7, 11) is 0. The fourth-order valence-electron chi connectivity index (χ4n) is 4.04. The normalized spacial score (nSPS) is 16.1. The van der Waals surface area contributed by atoms with Gasteiger partial charge in [-0.3, -0.25) is 14.5 Å². The van der Waals surface area contributed by atoms with E-state index in [1.807, 2.05) is 32.0 Å². The molecule has 0 spiro atoms. The van der Waals surface area contributed by atoms with E-state index < -0.39 is 5.91 Å². The van der Waals surface area contributed by atoms with Gasteiger partial charge in [-0.1, -0.05) is 18.6 Å². The highest BCUT2D eigenvalue weighted by Gasteiger charge is 2.27. The Hall–Kier alpha value is -2.57. The first-order valence-corrected chi connectivity index (χ1v) is 10.5. The number of amides is 1. The number of nitrogens with zero attached hydrogens (tertiary/aromatic N) is 1. The number of likely N-dealkylation sites (tertiary alicyclic amines) is 1. The number of hydrogen-bond donors (Lipinski definition) is 1. The smallest absolute Gasteiger partial charge is 0.287 e. The maximum absolute atomic E-state index is 12.8. The molecule has 0 aliphatic carbocycles. The summed E-state index contributed by atoms with van der Waals surface area (Å²) in [6, 6.07) is 10.5. The molecule has 0 saturated carbocycles. The lowest BCUT2D eigenvalue weighted by atomic mass is 9.97. The fraction of sp³-hybridized carbons (Fsp3) is 0.417. The second kappa shape index (κ2) is 9.71. The summed E-state index contributed by atoms with van der Waals surface area (Å²) < 4.78 is 11.6. The highest BCUT2D eigenvalue weighted by atomic mass is 35.5. The van der Waals surface area contributed by atoms with Crippen LogP contribution in [-0.2, 0) is 0 Å². The van der Waals surface area contributed by atoms with Crippen LogP contribution in [0.3, 0.4) is 0 Å². The Morgan fingerprint density at radius 3 is 2.55 bits per heavy atom. The summed E-state index contributed by atoms with van der Waals surface area (Å²) in [6.45, 7) is 8.42. The van der Waals surface area contributed by atoms with E-state index in [1.165, 1.54) is 6.07 Å². The van der Waals surface area contributed by atoms with Gasteiger partial charge in [0, 0.05) is 12.6 Å². The van der Waals surface area contributed by atoms with E-state index in [0.717, 1.165) is 43.0 Å². The molecule has 1 N–H and O–H groups in total. The van der Waals surface area contributed by atoms with E-state index in [1.54, 1.807) is 12.1 Å². The Labute approximate surface area is 188 Å². The van der Waals surface area contributed by atoms with Crippen LogP contribution >= 0.6 is 12.4 Å².